The zero-order chi connectivity index (χ0) is 20.7. The van der Waals surface area contributed by atoms with Crippen molar-refractivity contribution < 1.29 is 5.11 Å². The van der Waals surface area contributed by atoms with Crippen LogP contribution in [0.4, 0.5) is 5.95 Å². The van der Waals surface area contributed by atoms with Crippen molar-refractivity contribution in [2.45, 2.75) is 31.8 Å². The van der Waals surface area contributed by atoms with Crippen molar-refractivity contribution in [3.05, 3.63) is 69.1 Å². The molecule has 10 heteroatoms. The lowest BCUT2D eigenvalue weighted by Crippen LogP contribution is -2.25. The third-order valence-corrected chi connectivity index (χ3v) is 4.90. The molecule has 10 nitrogen and oxygen atoms in total. The van der Waals surface area contributed by atoms with Crippen LogP contribution in [0.25, 0.3) is 11.7 Å². The van der Waals surface area contributed by atoms with E-state index in [0.29, 0.717) is 22.4 Å². The monoisotopic (exact) mass is 404 g/mol. The van der Waals surface area contributed by atoms with E-state index in [2.05, 4.69) is 35.3 Å². The van der Waals surface area contributed by atoms with Gasteiger partial charge in [0.2, 0.25) is 11.8 Å². The Balaban J connectivity index is 1.63. The molecule has 0 unspecified atom stereocenters. The van der Waals surface area contributed by atoms with E-state index in [4.69, 9.17) is 0 Å². The summed E-state index contributed by atoms with van der Waals surface area (Å²) in [5, 5.41) is 18.2. The second kappa shape index (κ2) is 7.14. The fourth-order valence-electron chi connectivity index (χ4n) is 3.16. The summed E-state index contributed by atoms with van der Waals surface area (Å²) in [6.45, 7) is 2.03. The Kier molecular flexibility index (Phi) is 4.31. The summed E-state index contributed by atoms with van der Waals surface area (Å²) in [6, 6.07) is 10.3. The number of hydrogen-bond donors (Lipinski definition) is 4. The first-order valence-corrected chi connectivity index (χ1v) is 9.71. The van der Waals surface area contributed by atoms with Crippen molar-refractivity contribution in [1.29, 1.82) is 0 Å². The van der Waals surface area contributed by atoms with Crippen LogP contribution in [0.2, 0.25) is 0 Å². The zero-order valence-electron chi connectivity index (χ0n) is 16.2. The van der Waals surface area contributed by atoms with Gasteiger partial charge in [-0.05, 0) is 31.4 Å². The molecule has 1 aliphatic carbocycles. The zero-order valence-corrected chi connectivity index (χ0v) is 16.2. The highest BCUT2D eigenvalue weighted by molar-refractivity contribution is 5.57. The van der Waals surface area contributed by atoms with Crippen molar-refractivity contribution in [1.82, 2.24) is 29.5 Å². The third-order valence-electron chi connectivity index (χ3n) is 4.90. The van der Waals surface area contributed by atoms with Crippen LogP contribution in [0.5, 0.6) is 5.88 Å². The molecule has 1 fully saturated rings. The summed E-state index contributed by atoms with van der Waals surface area (Å²) in [4.78, 5) is 30.1. The minimum absolute atomic E-state index is 0.0113. The second-order valence-corrected chi connectivity index (χ2v) is 7.31. The standard InChI is InChI=1S/C20H20N8O2/c1-11(12-5-3-2-4-6-12)22-18-25-16-13(9-15-17(29)26-20(30)24-15)10-21-28(16)19(27-18)23-14-7-8-14/h2-6,9-11,14,29H,7-8H2,1H3,(H,22,23,27)(H2,24,26,30)/t11-/m1/s1. The van der Waals surface area contributed by atoms with Crippen molar-refractivity contribution in [3.63, 3.8) is 0 Å². The number of anilines is 1. The van der Waals surface area contributed by atoms with Gasteiger partial charge in [-0.25, -0.2) is 9.79 Å². The first-order valence-electron chi connectivity index (χ1n) is 9.71. The SMILES string of the molecule is C[C@@H](Nc1nc(=NC2CC2)n2ncc(=Cc3[nH]c(=O)[nH]c3O)c2n1)c1ccccc1. The number of hydrogen-bond acceptors (Lipinski definition) is 7. The van der Waals surface area contributed by atoms with Gasteiger partial charge in [0.25, 0.3) is 5.62 Å². The predicted molar refractivity (Wildman–Crippen MR) is 110 cm³/mol. The number of aromatic amines is 2. The largest absolute Gasteiger partial charge is 0.493 e. The van der Waals surface area contributed by atoms with E-state index in [-0.39, 0.29) is 23.7 Å². The molecule has 0 spiro atoms. The van der Waals surface area contributed by atoms with Crippen molar-refractivity contribution in [2.24, 2.45) is 4.99 Å². The molecule has 1 atom stereocenters. The van der Waals surface area contributed by atoms with E-state index in [1.54, 1.807) is 16.8 Å². The third kappa shape index (κ3) is 3.54. The highest BCUT2D eigenvalue weighted by Gasteiger charge is 2.21. The van der Waals surface area contributed by atoms with Crippen LogP contribution in [0.3, 0.4) is 0 Å². The molecule has 0 radical (unpaired) electrons. The number of imidazole rings is 1. The first-order chi connectivity index (χ1) is 14.6. The minimum Gasteiger partial charge on any atom is -0.493 e. The van der Waals surface area contributed by atoms with E-state index in [9.17, 15) is 9.90 Å². The van der Waals surface area contributed by atoms with E-state index in [1.807, 2.05) is 37.3 Å². The molecule has 4 aromatic rings. The van der Waals surface area contributed by atoms with Gasteiger partial charge in [0.15, 0.2) is 5.65 Å². The molecule has 5 rings (SSSR count). The molecular weight excluding hydrogens is 384 g/mol. The Bertz CT molecular complexity index is 1380. The van der Waals surface area contributed by atoms with Gasteiger partial charge in [-0.1, -0.05) is 30.3 Å². The van der Waals surface area contributed by atoms with Crippen molar-refractivity contribution in [3.8, 4) is 5.88 Å². The lowest BCUT2D eigenvalue weighted by atomic mass is 10.1. The Morgan fingerprint density at radius 3 is 2.77 bits per heavy atom. The molecule has 1 saturated carbocycles. The Labute approximate surface area is 170 Å². The number of aromatic nitrogens is 6. The Morgan fingerprint density at radius 1 is 1.27 bits per heavy atom. The first kappa shape index (κ1) is 18.1. The second-order valence-electron chi connectivity index (χ2n) is 7.31. The van der Waals surface area contributed by atoms with Crippen LogP contribution in [0.15, 0.2) is 46.3 Å². The van der Waals surface area contributed by atoms with Gasteiger partial charge < -0.3 is 15.4 Å². The smallest absolute Gasteiger partial charge is 0.326 e. The van der Waals surface area contributed by atoms with Crippen LogP contribution in [0.1, 0.15) is 37.1 Å². The van der Waals surface area contributed by atoms with Crippen LogP contribution in [-0.4, -0.2) is 40.7 Å². The maximum absolute atomic E-state index is 11.4. The molecule has 0 bridgehead atoms. The lowest BCUT2D eigenvalue weighted by molar-refractivity contribution is 0.454. The number of rotatable bonds is 5. The van der Waals surface area contributed by atoms with E-state index < -0.39 is 5.69 Å². The van der Waals surface area contributed by atoms with Crippen LogP contribution in [-0.2, 0) is 0 Å². The molecule has 0 amide bonds. The fraction of sp³-hybridized carbons (Fsp3) is 0.250. The van der Waals surface area contributed by atoms with Gasteiger partial charge in [0.05, 0.1) is 18.3 Å². The van der Waals surface area contributed by atoms with Gasteiger partial charge in [0, 0.05) is 5.22 Å². The highest BCUT2D eigenvalue weighted by Crippen LogP contribution is 2.22. The van der Waals surface area contributed by atoms with Gasteiger partial charge in [-0.15, -0.1) is 0 Å². The summed E-state index contributed by atoms with van der Waals surface area (Å²) >= 11 is 0. The number of H-pyrrole nitrogens is 2. The molecule has 1 aromatic carbocycles. The lowest BCUT2D eigenvalue weighted by Gasteiger charge is -2.14. The number of aromatic hydroxyl groups is 1. The van der Waals surface area contributed by atoms with Gasteiger partial charge >= 0.3 is 5.69 Å². The summed E-state index contributed by atoms with van der Waals surface area (Å²) in [5.74, 6) is 0.188. The maximum Gasteiger partial charge on any atom is 0.326 e. The maximum atomic E-state index is 11.4. The summed E-state index contributed by atoms with van der Waals surface area (Å²) in [6.07, 6.45) is 5.28. The summed E-state index contributed by atoms with van der Waals surface area (Å²) in [7, 11) is 0. The number of fused-ring (bicyclic) bond motifs is 1. The topological polar surface area (TPSA) is 136 Å². The quantitative estimate of drug-likeness (QED) is 0.385. The average Bonchev–Trinajstić information content (AvgIpc) is 3.37. The molecule has 3 aromatic heterocycles. The van der Waals surface area contributed by atoms with Gasteiger partial charge in [0.1, 0.15) is 5.69 Å². The van der Waals surface area contributed by atoms with Crippen molar-refractivity contribution in [2.75, 3.05) is 5.32 Å². The average molecular weight is 404 g/mol. The van der Waals surface area contributed by atoms with Crippen LogP contribution in [0, 0.1) is 0 Å². The highest BCUT2D eigenvalue weighted by atomic mass is 16.3. The molecule has 152 valence electrons. The van der Waals surface area contributed by atoms with E-state index >= 15 is 0 Å². The molecule has 4 N–H and O–H groups in total. The minimum atomic E-state index is -0.492. The normalized spacial score (nSPS) is 16.3. The van der Waals surface area contributed by atoms with Crippen LogP contribution >= 0.6 is 0 Å². The number of nitrogens with zero attached hydrogens (tertiary/aromatic N) is 5. The molecule has 30 heavy (non-hydrogen) atoms. The Hall–Kier alpha value is -3.95. The van der Waals surface area contributed by atoms with Crippen LogP contribution < -0.4 is 21.8 Å². The molecule has 0 saturated heterocycles. The molecular formula is C20H20N8O2. The van der Waals surface area contributed by atoms with E-state index in [0.717, 1.165) is 18.4 Å². The molecule has 1 aliphatic rings. The van der Waals surface area contributed by atoms with E-state index in [1.165, 1.54) is 0 Å². The number of benzene rings is 1. The Morgan fingerprint density at radius 2 is 2.07 bits per heavy atom. The summed E-state index contributed by atoms with van der Waals surface area (Å²) in [5.41, 5.74) is 1.86. The summed E-state index contributed by atoms with van der Waals surface area (Å²) < 4.78 is 1.57. The molecule has 0 aliphatic heterocycles. The predicted octanol–water partition coefficient (Wildman–Crippen LogP) is 0.630. The van der Waals surface area contributed by atoms with Gasteiger partial charge in [-0.2, -0.15) is 19.6 Å². The number of nitrogens with one attached hydrogen (secondary N) is 3. The van der Waals surface area contributed by atoms with Crippen molar-refractivity contribution >= 4 is 17.7 Å². The fourth-order valence-corrected chi connectivity index (χ4v) is 3.16. The van der Waals surface area contributed by atoms with Gasteiger partial charge in [-0.3, -0.25) is 4.98 Å². The molecule has 3 heterocycles.